The molecule has 17 N–H and O–H groups in total. The number of hydrogen-bond acceptors (Lipinski definition) is 23. The SMILES string of the molecule is CC(=O)N[C@H]1[C@H](O[C@H]2[C@H](O[C@H](C)C(=O)N[C@@H](C)C(=O)N[C@H](CCC(=O)N[C@@H](CCCCN)C(=O)N[C@H](C)C(=O)N[C@H](C)C(=O)O)C(=O)O)[C@@H](NC(C)=O)[C@@H](OP(=O)(O)OP(=O)(O)OCC[C@H](C)CCC=C(C)C)O[C@@H]2CO)O[C@H](CO)[C@@H](O)[C@@H]1O. The molecule has 0 aliphatic carbocycles. The fourth-order valence-corrected chi connectivity index (χ4v) is 10.6. The number of carbonyl (C=O) groups excluding carboxylic acids is 7. The van der Waals surface area contributed by atoms with Gasteiger partial charge >= 0.3 is 27.6 Å². The van der Waals surface area contributed by atoms with Crippen molar-refractivity contribution < 1.29 is 125 Å². The van der Waals surface area contributed by atoms with Gasteiger partial charge in [0.15, 0.2) is 12.6 Å². The third-order valence-electron chi connectivity index (χ3n) is 13.1. The first-order valence-corrected chi connectivity index (χ1v) is 30.3. The summed E-state index contributed by atoms with van der Waals surface area (Å²) in [6.45, 7) is 10.0. The number of rotatable bonds is 37. The fraction of sp³-hybridized carbons (Fsp3) is 0.776. The molecule has 2 unspecified atom stereocenters. The summed E-state index contributed by atoms with van der Waals surface area (Å²) in [6.07, 6.45) is -14.1. The van der Waals surface area contributed by atoms with E-state index in [0.717, 1.165) is 33.3 Å². The third kappa shape index (κ3) is 26.4. The number of nitrogens with two attached hydrogens (primary N) is 1. The van der Waals surface area contributed by atoms with E-state index >= 15 is 0 Å². The van der Waals surface area contributed by atoms with E-state index in [4.69, 9.17) is 38.8 Å². The van der Waals surface area contributed by atoms with Crippen LogP contribution in [0.15, 0.2) is 11.6 Å². The Labute approximate surface area is 490 Å². The summed E-state index contributed by atoms with van der Waals surface area (Å²) in [6, 6.07) is -10.9. The van der Waals surface area contributed by atoms with Gasteiger partial charge in [0.2, 0.25) is 41.4 Å². The molecule has 0 saturated carbocycles. The number of allylic oxidation sites excluding steroid dienone is 2. The number of aliphatic hydroxyl groups excluding tert-OH is 4. The van der Waals surface area contributed by atoms with Crippen molar-refractivity contribution in [2.45, 2.75) is 211 Å². The van der Waals surface area contributed by atoms with Gasteiger partial charge in [-0.25, -0.2) is 13.9 Å². The van der Waals surface area contributed by atoms with Crippen molar-refractivity contribution in [3.05, 3.63) is 11.6 Å². The van der Waals surface area contributed by atoms with Crippen LogP contribution in [0, 0.1) is 5.92 Å². The van der Waals surface area contributed by atoms with Gasteiger partial charge in [-0.05, 0) is 99.0 Å². The Morgan fingerprint density at radius 2 is 1.19 bits per heavy atom. The van der Waals surface area contributed by atoms with Crippen LogP contribution in [-0.2, 0) is 84.6 Å². The monoisotopic (exact) mass is 1260 g/mol. The predicted molar refractivity (Wildman–Crippen MR) is 292 cm³/mol. The maximum atomic E-state index is 13.9. The van der Waals surface area contributed by atoms with Gasteiger partial charge in [-0.1, -0.05) is 18.6 Å². The van der Waals surface area contributed by atoms with Crippen LogP contribution in [0.4, 0.5) is 0 Å². The number of carbonyl (C=O) groups is 9. The average Bonchev–Trinajstić information content (AvgIpc) is 1.75. The minimum atomic E-state index is -5.86. The highest BCUT2D eigenvalue weighted by Gasteiger charge is 2.55. The molecule has 0 aromatic carbocycles. The minimum Gasteiger partial charge on any atom is -0.480 e. The zero-order valence-electron chi connectivity index (χ0n) is 48.8. The van der Waals surface area contributed by atoms with E-state index in [0.29, 0.717) is 25.7 Å². The molecular formula is C49H86N8O26P2. The number of hydrogen-bond donors (Lipinski definition) is 16. The van der Waals surface area contributed by atoms with Crippen LogP contribution in [0.3, 0.4) is 0 Å². The second kappa shape index (κ2) is 36.2. The zero-order valence-corrected chi connectivity index (χ0v) is 50.6. The van der Waals surface area contributed by atoms with E-state index in [2.05, 4.69) is 41.5 Å². The van der Waals surface area contributed by atoms with Crippen molar-refractivity contribution in [1.29, 1.82) is 0 Å². The number of phosphoric ester groups is 2. The van der Waals surface area contributed by atoms with Crippen LogP contribution >= 0.6 is 15.6 Å². The van der Waals surface area contributed by atoms with Gasteiger partial charge in [-0.3, -0.25) is 47.4 Å². The van der Waals surface area contributed by atoms with E-state index < -0.39 is 199 Å². The van der Waals surface area contributed by atoms with Gasteiger partial charge in [0.25, 0.3) is 0 Å². The van der Waals surface area contributed by atoms with E-state index in [-0.39, 0.29) is 25.3 Å². The summed E-state index contributed by atoms with van der Waals surface area (Å²) in [5, 5.41) is 77.8. The quantitative estimate of drug-likeness (QED) is 0.0166. The Morgan fingerprint density at radius 3 is 1.74 bits per heavy atom. The Morgan fingerprint density at radius 1 is 0.624 bits per heavy atom. The molecule has 2 heterocycles. The number of amides is 7. The molecule has 7 amide bonds. The molecule has 19 atom stereocenters. The number of aliphatic carboxylic acids is 2. The summed E-state index contributed by atoms with van der Waals surface area (Å²) >= 11 is 0. The van der Waals surface area contributed by atoms with Crippen molar-refractivity contribution in [2.24, 2.45) is 11.7 Å². The van der Waals surface area contributed by atoms with Gasteiger partial charge in [0, 0.05) is 20.3 Å². The molecule has 2 fully saturated rings. The van der Waals surface area contributed by atoms with Crippen molar-refractivity contribution in [1.82, 2.24) is 37.2 Å². The largest absolute Gasteiger partial charge is 0.483 e. The number of carboxylic acid groups (broad SMARTS) is 2. The number of aliphatic hydroxyl groups is 4. The minimum absolute atomic E-state index is 0.0234. The van der Waals surface area contributed by atoms with Gasteiger partial charge in [0.05, 0.1) is 19.8 Å². The molecule has 2 aliphatic rings. The lowest BCUT2D eigenvalue weighted by molar-refractivity contribution is -0.331. The molecule has 2 aliphatic heterocycles. The summed E-state index contributed by atoms with van der Waals surface area (Å²) in [7, 11) is -11.3. The Hall–Kier alpha value is -5.13. The van der Waals surface area contributed by atoms with Crippen LogP contribution in [0.25, 0.3) is 0 Å². The maximum Gasteiger partial charge on any atom is 0.483 e. The first kappa shape index (κ1) is 76.0. The maximum absolute atomic E-state index is 13.9. The van der Waals surface area contributed by atoms with Crippen molar-refractivity contribution >= 4 is 68.9 Å². The predicted octanol–water partition coefficient (Wildman–Crippen LogP) is -3.10. The van der Waals surface area contributed by atoms with Crippen LogP contribution in [-0.4, -0.2) is 218 Å². The highest BCUT2D eigenvalue weighted by atomic mass is 31.3. The second-order valence-electron chi connectivity index (χ2n) is 20.8. The van der Waals surface area contributed by atoms with Crippen molar-refractivity contribution in [3.8, 4) is 0 Å². The van der Waals surface area contributed by atoms with Gasteiger partial charge in [-0.2, -0.15) is 4.31 Å². The molecule has 2 saturated heterocycles. The third-order valence-corrected chi connectivity index (χ3v) is 15.7. The molecule has 36 heteroatoms. The highest BCUT2D eigenvalue weighted by molar-refractivity contribution is 7.61. The van der Waals surface area contributed by atoms with Gasteiger partial charge in [0.1, 0.15) is 85.0 Å². The smallest absolute Gasteiger partial charge is 0.480 e. The number of ether oxygens (including phenoxy) is 4. The molecule has 488 valence electrons. The first-order valence-electron chi connectivity index (χ1n) is 27.3. The van der Waals surface area contributed by atoms with Gasteiger partial charge in [-0.15, -0.1) is 0 Å². The normalized spacial score (nSPS) is 26.1. The lowest BCUT2D eigenvalue weighted by atomic mass is 9.94. The lowest BCUT2D eigenvalue weighted by Gasteiger charge is -2.49. The fourth-order valence-electron chi connectivity index (χ4n) is 8.40. The zero-order chi connectivity index (χ0) is 64.7. The standard InChI is InChI=1S/C49H86N8O26P2/c1-23(2)13-12-14-24(3)18-20-77-84(73,74)83-85(75,76)82-49-37(55-30(9)61)41(40(34(22-59)80-49)81-48-36(54-29(8)60)39(64)38(63)33(21-58)79-48)78-28(7)44(67)51-26(5)43(66)57-32(47(71)72)16-17-35(62)56-31(15-10-11-19-50)45(68)52-25(4)42(65)53-27(6)46(69)70/h13,24-28,31-34,36-41,48-49,58-59,63-64H,10-12,14-22,50H2,1-9H3,(H,51,67)(H,52,68)(H,53,65)(H,54,60)(H,55,61)(H,56,62)(H,57,66)(H,69,70)(H,71,72)(H,73,74)(H,75,76)/t24-,25-,26+,27-,28-,31+,32-,33-,34-,36-,37-,38-,39-,40-,41-,48+,49-/m1/s1. The van der Waals surface area contributed by atoms with Crippen LogP contribution in [0.1, 0.15) is 114 Å². The first-order chi connectivity index (χ1) is 39.6. The topological polar surface area (TPSA) is 524 Å². The van der Waals surface area contributed by atoms with Crippen molar-refractivity contribution in [3.63, 3.8) is 0 Å². The Kier molecular flexibility index (Phi) is 32.4. The molecule has 34 nitrogen and oxygen atoms in total. The highest BCUT2D eigenvalue weighted by Crippen LogP contribution is 2.61. The second-order valence-corrected chi connectivity index (χ2v) is 23.8. The van der Waals surface area contributed by atoms with Gasteiger partial charge < -0.3 is 102 Å². The van der Waals surface area contributed by atoms with Crippen LogP contribution in [0.2, 0.25) is 0 Å². The molecule has 0 aromatic heterocycles. The Balaban J connectivity index is 2.44. The van der Waals surface area contributed by atoms with E-state index in [1.165, 1.54) is 13.8 Å². The molecule has 2 rings (SSSR count). The number of unbranched alkanes of at least 4 members (excludes halogenated alkanes) is 1. The lowest BCUT2D eigenvalue weighted by Crippen LogP contribution is -2.70. The number of phosphoric acid groups is 2. The van der Waals surface area contributed by atoms with E-state index in [1.54, 1.807) is 0 Å². The molecular weight excluding hydrogens is 1180 g/mol. The summed E-state index contributed by atoms with van der Waals surface area (Å²) < 4.78 is 65.0. The number of nitrogens with one attached hydrogen (secondary N) is 7. The van der Waals surface area contributed by atoms with E-state index in [1.807, 2.05) is 26.8 Å². The summed E-state index contributed by atoms with van der Waals surface area (Å²) in [5.74, 6) is -9.61. The van der Waals surface area contributed by atoms with E-state index in [9.17, 15) is 87.6 Å². The number of carboxylic acids is 2. The average molecular weight is 1270 g/mol. The molecule has 0 radical (unpaired) electrons. The van der Waals surface area contributed by atoms with Crippen LogP contribution < -0.4 is 43.0 Å². The molecule has 0 spiro atoms. The Bertz CT molecular complexity index is 2390. The molecule has 0 bridgehead atoms. The van der Waals surface area contributed by atoms with Crippen molar-refractivity contribution in [2.75, 3.05) is 26.4 Å². The van der Waals surface area contributed by atoms with Crippen LogP contribution in [0.5, 0.6) is 0 Å². The molecule has 0 aromatic rings. The summed E-state index contributed by atoms with van der Waals surface area (Å²) in [4.78, 5) is 136. The molecule has 85 heavy (non-hydrogen) atoms. The summed E-state index contributed by atoms with van der Waals surface area (Å²) in [5.41, 5.74) is 6.66.